The SMILES string of the molecule is COc1ccc(CNCCc2ccccc2OC)cc1C. The lowest BCUT2D eigenvalue weighted by atomic mass is 10.1. The first kappa shape index (κ1) is 15.4. The third-order valence-corrected chi connectivity index (χ3v) is 3.55. The zero-order valence-electron chi connectivity index (χ0n) is 13.0. The molecule has 0 aliphatic rings. The number of benzene rings is 2. The van der Waals surface area contributed by atoms with Crippen molar-refractivity contribution in [1.82, 2.24) is 5.32 Å². The molecule has 112 valence electrons. The molecule has 0 aromatic heterocycles. The zero-order chi connectivity index (χ0) is 15.1. The first-order valence-corrected chi connectivity index (χ1v) is 7.20. The zero-order valence-corrected chi connectivity index (χ0v) is 13.0. The average Bonchev–Trinajstić information content (AvgIpc) is 2.52. The van der Waals surface area contributed by atoms with E-state index < -0.39 is 0 Å². The Morgan fingerprint density at radius 2 is 1.71 bits per heavy atom. The van der Waals surface area contributed by atoms with Crippen LogP contribution in [0.2, 0.25) is 0 Å². The summed E-state index contributed by atoms with van der Waals surface area (Å²) in [6.45, 7) is 3.85. The Labute approximate surface area is 126 Å². The second kappa shape index (κ2) is 7.70. The monoisotopic (exact) mass is 285 g/mol. The van der Waals surface area contributed by atoms with Gasteiger partial charge in [-0.15, -0.1) is 0 Å². The summed E-state index contributed by atoms with van der Waals surface area (Å²) in [5.74, 6) is 1.90. The Bertz CT molecular complexity index is 581. The van der Waals surface area contributed by atoms with Crippen molar-refractivity contribution in [2.24, 2.45) is 0 Å². The topological polar surface area (TPSA) is 30.5 Å². The molecule has 0 saturated carbocycles. The Morgan fingerprint density at radius 3 is 2.43 bits per heavy atom. The van der Waals surface area contributed by atoms with E-state index >= 15 is 0 Å². The lowest BCUT2D eigenvalue weighted by molar-refractivity contribution is 0.409. The van der Waals surface area contributed by atoms with Crippen LogP contribution in [-0.2, 0) is 13.0 Å². The maximum atomic E-state index is 5.36. The minimum atomic E-state index is 0.861. The van der Waals surface area contributed by atoms with Gasteiger partial charge in [0, 0.05) is 6.54 Å². The molecule has 2 aromatic carbocycles. The summed E-state index contributed by atoms with van der Waals surface area (Å²) >= 11 is 0. The second-order valence-electron chi connectivity index (χ2n) is 5.04. The number of ether oxygens (including phenoxy) is 2. The van der Waals surface area contributed by atoms with Gasteiger partial charge in [0.25, 0.3) is 0 Å². The van der Waals surface area contributed by atoms with Crippen molar-refractivity contribution in [3.8, 4) is 11.5 Å². The summed E-state index contributed by atoms with van der Waals surface area (Å²) in [5, 5.41) is 3.47. The fourth-order valence-corrected chi connectivity index (χ4v) is 2.42. The van der Waals surface area contributed by atoms with Gasteiger partial charge in [0.15, 0.2) is 0 Å². The van der Waals surface area contributed by atoms with Crippen LogP contribution in [-0.4, -0.2) is 20.8 Å². The number of hydrogen-bond donors (Lipinski definition) is 1. The molecule has 0 aliphatic heterocycles. The average molecular weight is 285 g/mol. The van der Waals surface area contributed by atoms with E-state index in [1.165, 1.54) is 16.7 Å². The van der Waals surface area contributed by atoms with Crippen LogP contribution in [0.5, 0.6) is 11.5 Å². The highest BCUT2D eigenvalue weighted by Gasteiger charge is 2.02. The highest BCUT2D eigenvalue weighted by atomic mass is 16.5. The normalized spacial score (nSPS) is 10.4. The third kappa shape index (κ3) is 4.23. The van der Waals surface area contributed by atoms with E-state index in [-0.39, 0.29) is 0 Å². The number of nitrogens with one attached hydrogen (secondary N) is 1. The number of aryl methyl sites for hydroxylation is 1. The summed E-state index contributed by atoms with van der Waals surface area (Å²) < 4.78 is 10.6. The molecule has 3 heteroatoms. The molecule has 0 spiro atoms. The molecule has 3 nitrogen and oxygen atoms in total. The van der Waals surface area contributed by atoms with E-state index in [0.717, 1.165) is 31.0 Å². The molecule has 0 fully saturated rings. The molecule has 1 N–H and O–H groups in total. The van der Waals surface area contributed by atoms with E-state index in [2.05, 4.69) is 30.4 Å². The minimum Gasteiger partial charge on any atom is -0.496 e. The Hall–Kier alpha value is -2.00. The van der Waals surface area contributed by atoms with Gasteiger partial charge in [-0.25, -0.2) is 0 Å². The lowest BCUT2D eigenvalue weighted by Crippen LogP contribution is -2.17. The molecule has 0 amide bonds. The summed E-state index contributed by atoms with van der Waals surface area (Å²) in [7, 11) is 3.42. The van der Waals surface area contributed by atoms with Gasteiger partial charge in [-0.1, -0.05) is 30.3 Å². The number of methoxy groups -OCH3 is 2. The van der Waals surface area contributed by atoms with Gasteiger partial charge < -0.3 is 14.8 Å². The summed E-state index contributed by atoms with van der Waals surface area (Å²) in [6, 6.07) is 14.4. The van der Waals surface area contributed by atoms with Crippen molar-refractivity contribution in [2.45, 2.75) is 19.9 Å². The smallest absolute Gasteiger partial charge is 0.122 e. The van der Waals surface area contributed by atoms with Crippen LogP contribution < -0.4 is 14.8 Å². The van der Waals surface area contributed by atoms with Gasteiger partial charge >= 0.3 is 0 Å². The van der Waals surface area contributed by atoms with Crippen molar-refractivity contribution in [1.29, 1.82) is 0 Å². The van der Waals surface area contributed by atoms with Crippen LogP contribution in [0.25, 0.3) is 0 Å². The van der Waals surface area contributed by atoms with Crippen LogP contribution in [0.1, 0.15) is 16.7 Å². The maximum absolute atomic E-state index is 5.36. The van der Waals surface area contributed by atoms with Crippen molar-refractivity contribution >= 4 is 0 Å². The summed E-state index contributed by atoms with van der Waals surface area (Å²) in [5.41, 5.74) is 3.67. The number of rotatable bonds is 7. The van der Waals surface area contributed by atoms with E-state index in [0.29, 0.717) is 0 Å². The predicted molar refractivity (Wildman–Crippen MR) is 86.1 cm³/mol. The van der Waals surface area contributed by atoms with E-state index in [9.17, 15) is 0 Å². The first-order chi connectivity index (χ1) is 10.2. The quantitative estimate of drug-likeness (QED) is 0.791. The van der Waals surface area contributed by atoms with E-state index in [4.69, 9.17) is 9.47 Å². The third-order valence-electron chi connectivity index (χ3n) is 3.55. The summed E-state index contributed by atoms with van der Waals surface area (Å²) in [4.78, 5) is 0. The highest BCUT2D eigenvalue weighted by Crippen LogP contribution is 2.19. The highest BCUT2D eigenvalue weighted by molar-refractivity contribution is 5.36. The Balaban J connectivity index is 1.83. The van der Waals surface area contributed by atoms with Crippen LogP contribution >= 0.6 is 0 Å². The second-order valence-corrected chi connectivity index (χ2v) is 5.04. The largest absolute Gasteiger partial charge is 0.496 e. The molecule has 2 rings (SSSR count). The maximum Gasteiger partial charge on any atom is 0.122 e. The molecule has 21 heavy (non-hydrogen) atoms. The first-order valence-electron chi connectivity index (χ1n) is 7.20. The van der Waals surface area contributed by atoms with Crippen molar-refractivity contribution in [3.63, 3.8) is 0 Å². The van der Waals surface area contributed by atoms with Crippen molar-refractivity contribution < 1.29 is 9.47 Å². The molecular formula is C18H23NO2. The van der Waals surface area contributed by atoms with Gasteiger partial charge in [0.1, 0.15) is 11.5 Å². The predicted octanol–water partition coefficient (Wildman–Crippen LogP) is 3.34. The van der Waals surface area contributed by atoms with Crippen molar-refractivity contribution in [3.05, 3.63) is 59.2 Å². The van der Waals surface area contributed by atoms with E-state index in [1.54, 1.807) is 14.2 Å². The van der Waals surface area contributed by atoms with Crippen LogP contribution in [0.4, 0.5) is 0 Å². The van der Waals surface area contributed by atoms with Crippen molar-refractivity contribution in [2.75, 3.05) is 20.8 Å². The minimum absolute atomic E-state index is 0.861. The fraction of sp³-hybridized carbons (Fsp3) is 0.333. The molecule has 0 saturated heterocycles. The number of hydrogen-bond acceptors (Lipinski definition) is 3. The van der Waals surface area contributed by atoms with Gasteiger partial charge in [0.2, 0.25) is 0 Å². The molecule has 0 heterocycles. The van der Waals surface area contributed by atoms with Crippen LogP contribution in [0.3, 0.4) is 0 Å². The van der Waals surface area contributed by atoms with Gasteiger partial charge in [-0.3, -0.25) is 0 Å². The molecule has 2 aromatic rings. The lowest BCUT2D eigenvalue weighted by Gasteiger charge is -2.10. The molecule has 0 aliphatic carbocycles. The van der Waals surface area contributed by atoms with Gasteiger partial charge in [0.05, 0.1) is 14.2 Å². The van der Waals surface area contributed by atoms with Crippen LogP contribution in [0, 0.1) is 6.92 Å². The molecular weight excluding hydrogens is 262 g/mol. The molecule has 0 unspecified atom stereocenters. The number of para-hydroxylation sites is 1. The molecule has 0 atom stereocenters. The Kier molecular flexibility index (Phi) is 5.64. The standard InChI is InChI=1S/C18H23NO2/c1-14-12-15(8-9-17(14)20-2)13-19-11-10-16-6-4-5-7-18(16)21-3/h4-9,12,19H,10-11,13H2,1-3H3. The van der Waals surface area contributed by atoms with Crippen LogP contribution in [0.15, 0.2) is 42.5 Å². The van der Waals surface area contributed by atoms with Gasteiger partial charge in [-0.2, -0.15) is 0 Å². The molecule has 0 radical (unpaired) electrons. The van der Waals surface area contributed by atoms with E-state index in [1.807, 2.05) is 24.3 Å². The molecule has 0 bridgehead atoms. The fourth-order valence-electron chi connectivity index (χ4n) is 2.42. The van der Waals surface area contributed by atoms with Gasteiger partial charge in [-0.05, 0) is 48.7 Å². The summed E-state index contributed by atoms with van der Waals surface area (Å²) in [6.07, 6.45) is 0.957. The Morgan fingerprint density at radius 1 is 0.952 bits per heavy atom.